The van der Waals surface area contributed by atoms with Gasteiger partial charge in [-0.15, -0.1) is 0 Å². The van der Waals surface area contributed by atoms with Gasteiger partial charge < -0.3 is 9.84 Å². The van der Waals surface area contributed by atoms with Gasteiger partial charge in [0.25, 0.3) is 0 Å². The molecule has 1 fully saturated rings. The summed E-state index contributed by atoms with van der Waals surface area (Å²) in [5, 5.41) is 9.87. The fraction of sp³-hybridized carbons (Fsp3) is 0.500. The van der Waals surface area contributed by atoms with E-state index in [2.05, 4.69) is 4.99 Å². The number of benzene rings is 1. The minimum absolute atomic E-state index is 0.234. The van der Waals surface area contributed by atoms with Crippen molar-refractivity contribution < 1.29 is 30.7 Å². The molecule has 0 radical (unpaired) electrons. The van der Waals surface area contributed by atoms with Gasteiger partial charge in [0, 0.05) is 18.9 Å². The number of hydrogen-bond donors (Lipinski definition) is 1. The number of hydrogen-bond acceptors (Lipinski definition) is 3. The van der Waals surface area contributed by atoms with Gasteiger partial charge in [-0.05, 0) is 37.8 Å². The predicted molar refractivity (Wildman–Crippen MR) is 80.6 cm³/mol. The van der Waals surface area contributed by atoms with Gasteiger partial charge in [0.1, 0.15) is 5.75 Å². The third-order valence-electron chi connectivity index (χ3n) is 3.39. The first-order valence-corrected chi connectivity index (χ1v) is 12.8. The Hall–Kier alpha value is 0.113. The molecule has 0 saturated heterocycles. The summed E-state index contributed by atoms with van der Waals surface area (Å²) in [7, 11) is 11.6. The van der Waals surface area contributed by atoms with Crippen LogP contribution in [0, 0.1) is 6.92 Å². The summed E-state index contributed by atoms with van der Waals surface area (Å²) >= 11 is -0.826. The molecule has 1 saturated carbocycles. The molecule has 0 heterocycles. The monoisotopic (exact) mass is 393 g/mol. The van der Waals surface area contributed by atoms with E-state index in [0.717, 1.165) is 24.0 Å². The van der Waals surface area contributed by atoms with Gasteiger partial charge in [0.2, 0.25) is 0 Å². The number of halogens is 2. The Morgan fingerprint density at radius 3 is 2.75 bits per heavy atom. The van der Waals surface area contributed by atoms with E-state index in [1.165, 1.54) is 6.42 Å². The van der Waals surface area contributed by atoms with E-state index < -0.39 is 20.8 Å². The van der Waals surface area contributed by atoms with Crippen molar-refractivity contribution in [1.29, 1.82) is 0 Å². The number of ether oxygens (including phenoxy) is 1. The minimum atomic E-state index is -0.826. The number of aromatic hydroxyl groups is 1. The van der Waals surface area contributed by atoms with Crippen LogP contribution in [-0.2, 0) is 25.6 Å². The fourth-order valence-corrected chi connectivity index (χ4v) is 2.31. The molecule has 1 aliphatic carbocycles. The van der Waals surface area contributed by atoms with Crippen LogP contribution in [0.4, 0.5) is 0 Å². The van der Waals surface area contributed by atoms with Gasteiger partial charge in [-0.2, -0.15) is 0 Å². The number of nitrogens with zero attached hydrogens (tertiary/aromatic N) is 1. The molecule has 20 heavy (non-hydrogen) atoms. The second-order valence-electron chi connectivity index (χ2n) is 4.63. The molecule has 2 rings (SSSR count). The first-order chi connectivity index (χ1) is 9.63. The Bertz CT molecular complexity index is 443. The van der Waals surface area contributed by atoms with Gasteiger partial charge in [-0.1, -0.05) is 12.1 Å². The zero-order chi connectivity index (χ0) is 15.0. The van der Waals surface area contributed by atoms with Crippen molar-refractivity contribution in [1.82, 2.24) is 0 Å². The number of aryl methyl sites for hydroxylation is 1. The average molecular weight is 395 g/mol. The summed E-state index contributed by atoms with van der Waals surface area (Å²) in [6, 6.07) is 5.93. The third kappa shape index (κ3) is 5.48. The van der Waals surface area contributed by atoms with E-state index in [0.29, 0.717) is 5.75 Å². The van der Waals surface area contributed by atoms with Crippen molar-refractivity contribution in [3.05, 3.63) is 29.3 Å². The molecular formula is C14H19Cl2NO2Zr. The summed E-state index contributed by atoms with van der Waals surface area (Å²) in [5.41, 5.74) is 1.66. The van der Waals surface area contributed by atoms with Crippen LogP contribution >= 0.6 is 17.0 Å². The Morgan fingerprint density at radius 2 is 2.10 bits per heavy atom. The zero-order valence-electron chi connectivity index (χ0n) is 11.6. The van der Waals surface area contributed by atoms with Gasteiger partial charge in [-0.3, -0.25) is 4.99 Å². The first-order valence-electron chi connectivity index (χ1n) is 6.44. The number of aliphatic imine (C=N–C) groups is 1. The van der Waals surface area contributed by atoms with E-state index in [1.54, 1.807) is 13.3 Å². The second-order valence-corrected chi connectivity index (χ2v) is 8.37. The molecule has 2 atom stereocenters. The second kappa shape index (κ2) is 9.94. The van der Waals surface area contributed by atoms with Crippen LogP contribution in [0.25, 0.3) is 0 Å². The Kier molecular flexibility index (Phi) is 9.03. The van der Waals surface area contributed by atoms with Gasteiger partial charge in [-0.25, -0.2) is 0 Å². The van der Waals surface area contributed by atoms with Crippen LogP contribution in [-0.4, -0.2) is 30.6 Å². The summed E-state index contributed by atoms with van der Waals surface area (Å²) in [5.74, 6) is 0.322. The van der Waals surface area contributed by atoms with Gasteiger partial charge >= 0.3 is 37.9 Å². The Morgan fingerprint density at radius 1 is 1.40 bits per heavy atom. The van der Waals surface area contributed by atoms with Crippen molar-refractivity contribution in [2.45, 2.75) is 38.3 Å². The molecule has 0 aliphatic heterocycles. The van der Waals surface area contributed by atoms with Crippen LogP contribution in [0.15, 0.2) is 23.2 Å². The number of phenolic OH excluding ortho intramolecular Hbond substituents is 1. The van der Waals surface area contributed by atoms with Crippen molar-refractivity contribution >= 4 is 23.2 Å². The van der Waals surface area contributed by atoms with Gasteiger partial charge in [0.05, 0.1) is 12.1 Å². The quantitative estimate of drug-likeness (QED) is 0.784. The Balaban J connectivity index is 0.000000612. The molecule has 1 N–H and O–H groups in total. The standard InChI is InChI=1S/C14H19NO2.2ClH.Zr/c1-10-5-3-6-11(14(10)16)9-15-12-7-4-8-13(12)17-2;;;/h3,5-6,9,12-13,16H,4,7-8H2,1-2H3;2*1H;/q;;;+2/p-2. The fourth-order valence-electron chi connectivity index (χ4n) is 2.31. The summed E-state index contributed by atoms with van der Waals surface area (Å²) in [6.45, 7) is 1.89. The van der Waals surface area contributed by atoms with Crippen molar-refractivity contribution in [2.24, 2.45) is 4.99 Å². The van der Waals surface area contributed by atoms with Crippen LogP contribution in [0.3, 0.4) is 0 Å². The van der Waals surface area contributed by atoms with Crippen LogP contribution in [0.5, 0.6) is 5.75 Å². The molecule has 0 bridgehead atoms. The molecule has 1 aromatic rings. The third-order valence-corrected chi connectivity index (χ3v) is 3.39. The summed E-state index contributed by atoms with van der Waals surface area (Å²) in [4.78, 5) is 4.54. The van der Waals surface area contributed by atoms with Crippen molar-refractivity contribution in [2.75, 3.05) is 7.11 Å². The van der Waals surface area contributed by atoms with Crippen molar-refractivity contribution in [3.8, 4) is 5.75 Å². The van der Waals surface area contributed by atoms with E-state index in [9.17, 15) is 5.11 Å². The average Bonchev–Trinajstić information content (AvgIpc) is 2.89. The predicted octanol–water partition coefficient (Wildman–Crippen LogP) is 4.06. The number of para-hydroxylation sites is 1. The topological polar surface area (TPSA) is 41.8 Å². The number of methoxy groups -OCH3 is 1. The SMILES string of the molecule is COC1CCCC1N=Cc1cccc(C)c1O.[Cl][Zr][Cl]. The van der Waals surface area contributed by atoms with E-state index in [4.69, 9.17) is 21.8 Å². The molecule has 2 unspecified atom stereocenters. The molecule has 6 heteroatoms. The van der Waals surface area contributed by atoms with E-state index in [1.807, 2.05) is 25.1 Å². The zero-order valence-corrected chi connectivity index (χ0v) is 15.6. The number of rotatable bonds is 3. The summed E-state index contributed by atoms with van der Waals surface area (Å²) in [6.07, 6.45) is 5.32. The van der Waals surface area contributed by atoms with Crippen LogP contribution < -0.4 is 0 Å². The maximum absolute atomic E-state index is 9.87. The molecule has 3 nitrogen and oxygen atoms in total. The van der Waals surface area contributed by atoms with Crippen LogP contribution in [0.1, 0.15) is 30.4 Å². The maximum atomic E-state index is 9.87. The van der Waals surface area contributed by atoms with E-state index in [-0.39, 0.29) is 12.1 Å². The first kappa shape index (κ1) is 18.2. The van der Waals surface area contributed by atoms with E-state index >= 15 is 0 Å². The molecule has 1 aliphatic rings. The van der Waals surface area contributed by atoms with Crippen molar-refractivity contribution in [3.63, 3.8) is 0 Å². The molecule has 0 aromatic heterocycles. The van der Waals surface area contributed by atoms with Gasteiger partial charge in [0.15, 0.2) is 0 Å². The molecule has 1 aromatic carbocycles. The Labute approximate surface area is 139 Å². The normalized spacial score (nSPS) is 21.6. The van der Waals surface area contributed by atoms with Crippen LogP contribution in [0.2, 0.25) is 0 Å². The molecule has 0 amide bonds. The number of phenols is 1. The molecule has 110 valence electrons. The molecule has 0 spiro atoms. The molecular weight excluding hydrogens is 376 g/mol. The summed E-state index contributed by atoms with van der Waals surface area (Å²) < 4.78 is 5.39.